The van der Waals surface area contributed by atoms with Crippen molar-refractivity contribution >= 4 is 11.6 Å². The molecule has 0 saturated carbocycles. The Hall–Kier alpha value is -2.00. The Labute approximate surface area is 141 Å². The first-order valence-corrected chi connectivity index (χ1v) is 8.16. The first-order chi connectivity index (χ1) is 11.4. The van der Waals surface area contributed by atoms with Crippen LogP contribution in [0.15, 0.2) is 0 Å². The fourth-order valence-electron chi connectivity index (χ4n) is 2.94. The molecule has 0 bridgehead atoms. The summed E-state index contributed by atoms with van der Waals surface area (Å²) < 4.78 is 6.83. The van der Waals surface area contributed by atoms with E-state index < -0.39 is 4.92 Å². The highest BCUT2D eigenvalue weighted by molar-refractivity contribution is 5.76. The largest absolute Gasteiger partial charge is 0.379 e. The number of aromatic nitrogens is 2. The number of rotatable bonds is 7. The van der Waals surface area contributed by atoms with Crippen LogP contribution in [0.2, 0.25) is 0 Å². The molecule has 134 valence electrons. The summed E-state index contributed by atoms with van der Waals surface area (Å²) in [6, 6.07) is 0.0467. The van der Waals surface area contributed by atoms with E-state index >= 15 is 0 Å². The van der Waals surface area contributed by atoms with Gasteiger partial charge >= 0.3 is 5.69 Å². The fourth-order valence-corrected chi connectivity index (χ4v) is 2.94. The smallest absolute Gasteiger partial charge is 0.312 e. The van der Waals surface area contributed by atoms with E-state index in [0.717, 1.165) is 32.8 Å². The zero-order valence-electron chi connectivity index (χ0n) is 14.4. The second kappa shape index (κ2) is 8.20. The molecule has 1 atom stereocenters. The summed E-state index contributed by atoms with van der Waals surface area (Å²) in [6.07, 6.45) is 0.243. The lowest BCUT2D eigenvalue weighted by Crippen LogP contribution is -2.46. The van der Waals surface area contributed by atoms with E-state index in [4.69, 9.17) is 4.74 Å². The van der Waals surface area contributed by atoms with E-state index in [2.05, 4.69) is 15.3 Å². The zero-order valence-corrected chi connectivity index (χ0v) is 14.4. The number of morpholine rings is 1. The van der Waals surface area contributed by atoms with Crippen LogP contribution < -0.4 is 5.32 Å². The normalized spacial score (nSPS) is 16.8. The molecule has 0 aromatic carbocycles. The van der Waals surface area contributed by atoms with E-state index in [1.165, 1.54) is 4.68 Å². The highest BCUT2D eigenvalue weighted by atomic mass is 16.6. The molecular weight excluding hydrogens is 314 g/mol. The van der Waals surface area contributed by atoms with Crippen molar-refractivity contribution in [2.24, 2.45) is 0 Å². The Bertz CT molecular complexity index is 595. The molecule has 1 amide bonds. The van der Waals surface area contributed by atoms with Crippen molar-refractivity contribution in [1.29, 1.82) is 0 Å². The van der Waals surface area contributed by atoms with Gasteiger partial charge in [-0.1, -0.05) is 0 Å². The maximum atomic E-state index is 12.1. The van der Waals surface area contributed by atoms with Crippen molar-refractivity contribution in [3.05, 3.63) is 21.5 Å². The minimum Gasteiger partial charge on any atom is -0.379 e. The van der Waals surface area contributed by atoms with Gasteiger partial charge in [0, 0.05) is 32.1 Å². The molecule has 0 unspecified atom stereocenters. The van der Waals surface area contributed by atoms with Crippen LogP contribution in [0.5, 0.6) is 0 Å². The van der Waals surface area contributed by atoms with Gasteiger partial charge in [-0.05, 0) is 20.8 Å². The number of hydrogen-bond acceptors (Lipinski definition) is 6. The predicted molar refractivity (Wildman–Crippen MR) is 87.8 cm³/mol. The molecule has 1 aliphatic heterocycles. The van der Waals surface area contributed by atoms with Crippen molar-refractivity contribution in [2.75, 3.05) is 32.8 Å². The molecular formula is C15H25N5O4. The Morgan fingerprint density at radius 1 is 1.42 bits per heavy atom. The van der Waals surface area contributed by atoms with Gasteiger partial charge in [-0.25, -0.2) is 0 Å². The summed E-state index contributed by atoms with van der Waals surface area (Å²) in [5.74, 6) is -0.0778. The summed E-state index contributed by atoms with van der Waals surface area (Å²) in [4.78, 5) is 24.9. The number of hydrogen-bond donors (Lipinski definition) is 1. The van der Waals surface area contributed by atoms with Crippen molar-refractivity contribution in [2.45, 2.75) is 39.8 Å². The number of carbonyl (C=O) groups excluding carboxylic acids is 1. The average Bonchev–Trinajstić information content (AvgIpc) is 2.80. The Balaban J connectivity index is 1.80. The van der Waals surface area contributed by atoms with E-state index in [-0.39, 0.29) is 24.1 Å². The van der Waals surface area contributed by atoms with Gasteiger partial charge in [0.05, 0.1) is 24.7 Å². The summed E-state index contributed by atoms with van der Waals surface area (Å²) in [6.45, 7) is 9.59. The quantitative estimate of drug-likeness (QED) is 0.577. The molecule has 1 aromatic rings. The molecule has 1 aromatic heterocycles. The predicted octanol–water partition coefficient (Wildman–Crippen LogP) is 0.635. The lowest BCUT2D eigenvalue weighted by molar-refractivity contribution is -0.386. The number of carbonyl (C=O) groups is 1. The second-order valence-corrected chi connectivity index (χ2v) is 6.13. The van der Waals surface area contributed by atoms with Crippen molar-refractivity contribution in [1.82, 2.24) is 20.0 Å². The lowest BCUT2D eigenvalue weighted by Gasteiger charge is -2.29. The number of nitrogens with one attached hydrogen (secondary N) is 1. The molecule has 1 N–H and O–H groups in total. The van der Waals surface area contributed by atoms with Crippen LogP contribution in [-0.4, -0.2) is 64.4 Å². The van der Waals surface area contributed by atoms with Crippen LogP contribution in [-0.2, 0) is 16.1 Å². The van der Waals surface area contributed by atoms with Crippen LogP contribution in [0.3, 0.4) is 0 Å². The highest BCUT2D eigenvalue weighted by Gasteiger charge is 2.22. The van der Waals surface area contributed by atoms with Gasteiger partial charge in [0.2, 0.25) is 5.91 Å². The van der Waals surface area contributed by atoms with Gasteiger partial charge < -0.3 is 10.1 Å². The Morgan fingerprint density at radius 2 is 2.08 bits per heavy atom. The van der Waals surface area contributed by atoms with E-state index in [1.807, 2.05) is 6.92 Å². The van der Waals surface area contributed by atoms with Crippen molar-refractivity contribution in [3.63, 3.8) is 0 Å². The molecule has 9 nitrogen and oxygen atoms in total. The third-order valence-corrected chi connectivity index (χ3v) is 4.12. The maximum Gasteiger partial charge on any atom is 0.312 e. The number of ether oxygens (including phenoxy) is 1. The zero-order chi connectivity index (χ0) is 17.7. The molecule has 1 aliphatic rings. The van der Waals surface area contributed by atoms with Crippen LogP contribution in [0.25, 0.3) is 0 Å². The van der Waals surface area contributed by atoms with Crippen LogP contribution in [0.4, 0.5) is 5.69 Å². The number of aryl methyl sites for hydroxylation is 2. The maximum absolute atomic E-state index is 12.1. The topological polar surface area (TPSA) is 103 Å². The summed E-state index contributed by atoms with van der Waals surface area (Å²) in [7, 11) is 0. The van der Waals surface area contributed by atoms with E-state index in [0.29, 0.717) is 17.9 Å². The first-order valence-electron chi connectivity index (χ1n) is 8.16. The average molecular weight is 339 g/mol. The third kappa shape index (κ3) is 4.75. The van der Waals surface area contributed by atoms with Gasteiger partial charge in [-0.15, -0.1) is 0 Å². The van der Waals surface area contributed by atoms with Gasteiger partial charge in [-0.3, -0.25) is 24.5 Å². The monoisotopic (exact) mass is 339 g/mol. The van der Waals surface area contributed by atoms with Gasteiger partial charge in [0.1, 0.15) is 11.4 Å². The first kappa shape index (κ1) is 18.3. The van der Waals surface area contributed by atoms with Crippen LogP contribution in [0.1, 0.15) is 24.7 Å². The molecule has 2 rings (SSSR count). The van der Waals surface area contributed by atoms with Gasteiger partial charge in [0.25, 0.3) is 0 Å². The molecule has 24 heavy (non-hydrogen) atoms. The standard InChI is InChI=1S/C15H25N5O4/c1-11(10-18-6-8-24-9-7-18)16-14(21)4-5-19-13(3)15(20(22)23)12(2)17-19/h11H,4-10H2,1-3H3,(H,16,21)/t11-/m1/s1. The third-order valence-electron chi connectivity index (χ3n) is 4.12. The van der Waals surface area contributed by atoms with Crippen LogP contribution >= 0.6 is 0 Å². The van der Waals surface area contributed by atoms with Gasteiger partial charge in [0.15, 0.2) is 0 Å². The SMILES string of the molecule is Cc1nn(CCC(=O)N[C@H](C)CN2CCOCC2)c(C)c1[N+](=O)[O-]. The summed E-state index contributed by atoms with van der Waals surface area (Å²) in [5, 5.41) is 18.1. The summed E-state index contributed by atoms with van der Waals surface area (Å²) >= 11 is 0. The molecule has 1 fully saturated rings. The molecule has 0 aliphatic carbocycles. The summed E-state index contributed by atoms with van der Waals surface area (Å²) in [5.41, 5.74) is 0.876. The second-order valence-electron chi connectivity index (χ2n) is 6.13. The van der Waals surface area contributed by atoms with Crippen molar-refractivity contribution < 1.29 is 14.5 Å². The molecule has 0 radical (unpaired) electrons. The molecule has 9 heteroatoms. The highest BCUT2D eigenvalue weighted by Crippen LogP contribution is 2.21. The van der Waals surface area contributed by atoms with Crippen molar-refractivity contribution in [3.8, 4) is 0 Å². The molecule has 1 saturated heterocycles. The minimum atomic E-state index is -0.432. The number of nitrogens with zero attached hydrogens (tertiary/aromatic N) is 4. The Kier molecular flexibility index (Phi) is 6.27. The fraction of sp³-hybridized carbons (Fsp3) is 0.733. The number of amides is 1. The lowest BCUT2D eigenvalue weighted by atomic mass is 10.2. The molecule has 2 heterocycles. The van der Waals surface area contributed by atoms with E-state index in [9.17, 15) is 14.9 Å². The van der Waals surface area contributed by atoms with Crippen LogP contribution in [0, 0.1) is 24.0 Å². The minimum absolute atomic E-state index is 0.0242. The number of nitro groups is 1. The molecule has 0 spiro atoms. The Morgan fingerprint density at radius 3 is 2.67 bits per heavy atom. The van der Waals surface area contributed by atoms with Gasteiger partial charge in [-0.2, -0.15) is 5.10 Å². The van der Waals surface area contributed by atoms with E-state index in [1.54, 1.807) is 13.8 Å².